The summed E-state index contributed by atoms with van der Waals surface area (Å²) in [6, 6.07) is 13.9. The molecule has 2 fully saturated rings. The van der Waals surface area contributed by atoms with Crippen LogP contribution >= 0.6 is 0 Å². The molecule has 0 N–H and O–H groups in total. The molecule has 2 aliphatic heterocycles. The number of piperidine rings is 2. The Morgan fingerprint density at radius 1 is 0.966 bits per heavy atom. The molecule has 2 aromatic heterocycles. The first-order chi connectivity index (χ1) is 14.1. The molecular formula is C24H28N4O. The highest BCUT2D eigenvalue weighted by atomic mass is 16.2. The first-order valence-corrected chi connectivity index (χ1v) is 10.6. The number of hydrogen-bond acceptors (Lipinski definition) is 3. The molecule has 2 aliphatic rings. The standard InChI is InChI=1S/C24H28N4O/c1-26-13-8-24(9-14-26)10-15-27(16-11-24)23(29)20-6-4-5-19(17-20)21-18-28-12-3-2-7-22(28)25-21/h2-7,12,17-18H,8-11,13-16H2,1H3. The molecule has 2 saturated heterocycles. The minimum Gasteiger partial charge on any atom is -0.339 e. The molecule has 3 aromatic rings. The maximum Gasteiger partial charge on any atom is 0.253 e. The Morgan fingerprint density at radius 2 is 1.72 bits per heavy atom. The minimum atomic E-state index is 0.151. The number of carbonyl (C=O) groups is 1. The highest BCUT2D eigenvalue weighted by Crippen LogP contribution is 2.41. The van der Waals surface area contributed by atoms with Gasteiger partial charge in [0, 0.05) is 36.6 Å². The van der Waals surface area contributed by atoms with Gasteiger partial charge in [-0.15, -0.1) is 0 Å². The maximum absolute atomic E-state index is 13.2. The third-order valence-corrected chi connectivity index (χ3v) is 6.93. The van der Waals surface area contributed by atoms with Crippen LogP contribution in [0.15, 0.2) is 54.9 Å². The van der Waals surface area contributed by atoms with Crippen LogP contribution in [0.4, 0.5) is 0 Å². The van der Waals surface area contributed by atoms with Crippen LogP contribution in [0.1, 0.15) is 36.0 Å². The minimum absolute atomic E-state index is 0.151. The van der Waals surface area contributed by atoms with Gasteiger partial charge in [-0.1, -0.05) is 18.2 Å². The van der Waals surface area contributed by atoms with Crippen LogP contribution < -0.4 is 0 Å². The van der Waals surface area contributed by atoms with Crippen molar-refractivity contribution in [1.29, 1.82) is 0 Å². The zero-order chi connectivity index (χ0) is 19.8. The van der Waals surface area contributed by atoms with Crippen LogP contribution in [0.3, 0.4) is 0 Å². The second-order valence-corrected chi connectivity index (χ2v) is 8.77. The number of hydrogen-bond donors (Lipinski definition) is 0. The normalized spacial score (nSPS) is 19.7. The van der Waals surface area contributed by atoms with Gasteiger partial charge in [-0.3, -0.25) is 4.79 Å². The molecule has 29 heavy (non-hydrogen) atoms. The van der Waals surface area contributed by atoms with Gasteiger partial charge in [0.05, 0.1) is 5.69 Å². The Balaban J connectivity index is 1.31. The number of likely N-dealkylation sites (tertiary alicyclic amines) is 2. The van der Waals surface area contributed by atoms with E-state index in [4.69, 9.17) is 4.98 Å². The molecule has 0 aliphatic carbocycles. The van der Waals surface area contributed by atoms with Gasteiger partial charge in [-0.2, -0.15) is 0 Å². The first-order valence-electron chi connectivity index (χ1n) is 10.6. The summed E-state index contributed by atoms with van der Waals surface area (Å²) in [5.41, 5.74) is 4.03. The Morgan fingerprint density at radius 3 is 2.48 bits per heavy atom. The summed E-state index contributed by atoms with van der Waals surface area (Å²) in [5.74, 6) is 0.151. The number of amides is 1. The summed E-state index contributed by atoms with van der Waals surface area (Å²) >= 11 is 0. The van der Waals surface area contributed by atoms with Gasteiger partial charge in [0.25, 0.3) is 5.91 Å². The van der Waals surface area contributed by atoms with E-state index in [1.54, 1.807) is 0 Å². The van der Waals surface area contributed by atoms with Crippen molar-refractivity contribution >= 4 is 11.6 Å². The van der Waals surface area contributed by atoms with E-state index in [1.807, 2.05) is 64.2 Å². The lowest BCUT2D eigenvalue weighted by molar-refractivity contribution is 0.0352. The third-order valence-electron chi connectivity index (χ3n) is 6.93. The average Bonchev–Trinajstić information content (AvgIpc) is 3.21. The zero-order valence-corrected chi connectivity index (χ0v) is 17.1. The third kappa shape index (κ3) is 3.55. The molecule has 0 radical (unpaired) electrons. The van der Waals surface area contributed by atoms with Gasteiger partial charge in [-0.05, 0) is 75.5 Å². The maximum atomic E-state index is 13.2. The van der Waals surface area contributed by atoms with Gasteiger partial charge in [0.15, 0.2) is 0 Å². The highest BCUT2D eigenvalue weighted by Gasteiger charge is 2.37. The number of imidazole rings is 1. The van der Waals surface area contributed by atoms with Crippen LogP contribution in [0.2, 0.25) is 0 Å². The second-order valence-electron chi connectivity index (χ2n) is 8.77. The number of pyridine rings is 1. The lowest BCUT2D eigenvalue weighted by atomic mass is 9.71. The number of nitrogens with zero attached hydrogens (tertiary/aromatic N) is 4. The van der Waals surface area contributed by atoms with E-state index in [2.05, 4.69) is 11.9 Å². The van der Waals surface area contributed by atoms with Crippen molar-refractivity contribution in [2.45, 2.75) is 25.7 Å². The Bertz CT molecular complexity index is 989. The summed E-state index contributed by atoms with van der Waals surface area (Å²) in [6.45, 7) is 4.13. The molecule has 1 spiro atoms. The predicted molar refractivity (Wildman–Crippen MR) is 115 cm³/mol. The molecule has 0 unspecified atom stereocenters. The molecule has 5 nitrogen and oxygen atoms in total. The highest BCUT2D eigenvalue weighted by molar-refractivity contribution is 5.95. The SMILES string of the molecule is CN1CCC2(CC1)CCN(C(=O)c1cccc(-c3cn4ccccc4n3)c1)CC2. The van der Waals surface area contributed by atoms with Crippen LogP contribution in [0, 0.1) is 5.41 Å². The van der Waals surface area contributed by atoms with E-state index in [0.717, 1.165) is 48.4 Å². The summed E-state index contributed by atoms with van der Waals surface area (Å²) < 4.78 is 2.01. The van der Waals surface area contributed by atoms with E-state index in [-0.39, 0.29) is 5.91 Å². The summed E-state index contributed by atoms with van der Waals surface area (Å²) in [4.78, 5) is 22.3. The Hall–Kier alpha value is -2.66. The van der Waals surface area contributed by atoms with E-state index >= 15 is 0 Å². The number of benzene rings is 1. The smallest absolute Gasteiger partial charge is 0.253 e. The molecule has 5 heteroatoms. The van der Waals surface area contributed by atoms with Crippen molar-refractivity contribution in [3.8, 4) is 11.3 Å². The van der Waals surface area contributed by atoms with Crippen molar-refractivity contribution < 1.29 is 4.79 Å². The molecule has 0 atom stereocenters. The van der Waals surface area contributed by atoms with Crippen molar-refractivity contribution in [3.63, 3.8) is 0 Å². The van der Waals surface area contributed by atoms with Crippen LogP contribution in [-0.4, -0.2) is 58.3 Å². The summed E-state index contributed by atoms with van der Waals surface area (Å²) in [5, 5.41) is 0. The van der Waals surface area contributed by atoms with E-state index in [9.17, 15) is 4.79 Å². The van der Waals surface area contributed by atoms with Gasteiger partial charge in [-0.25, -0.2) is 4.98 Å². The monoisotopic (exact) mass is 388 g/mol. The van der Waals surface area contributed by atoms with Crippen molar-refractivity contribution in [1.82, 2.24) is 19.2 Å². The van der Waals surface area contributed by atoms with E-state index in [1.165, 1.54) is 25.9 Å². The predicted octanol–water partition coefficient (Wildman–Crippen LogP) is 3.95. The number of rotatable bonds is 2. The fourth-order valence-corrected chi connectivity index (χ4v) is 4.84. The molecule has 0 saturated carbocycles. The largest absolute Gasteiger partial charge is 0.339 e. The van der Waals surface area contributed by atoms with E-state index in [0.29, 0.717) is 5.41 Å². The summed E-state index contributed by atoms with van der Waals surface area (Å²) in [7, 11) is 2.21. The van der Waals surface area contributed by atoms with Gasteiger partial charge < -0.3 is 14.2 Å². The van der Waals surface area contributed by atoms with Crippen LogP contribution in [-0.2, 0) is 0 Å². The Kier molecular flexibility index (Phi) is 4.63. The molecule has 0 bridgehead atoms. The fourth-order valence-electron chi connectivity index (χ4n) is 4.84. The molecule has 150 valence electrons. The average molecular weight is 389 g/mol. The van der Waals surface area contributed by atoms with Crippen LogP contribution in [0.25, 0.3) is 16.9 Å². The molecule has 1 aromatic carbocycles. The zero-order valence-electron chi connectivity index (χ0n) is 17.1. The van der Waals surface area contributed by atoms with Crippen molar-refractivity contribution in [3.05, 3.63) is 60.4 Å². The Labute approximate surface area is 172 Å². The van der Waals surface area contributed by atoms with Crippen molar-refractivity contribution in [2.24, 2.45) is 5.41 Å². The second kappa shape index (κ2) is 7.30. The van der Waals surface area contributed by atoms with Gasteiger partial charge in [0.1, 0.15) is 5.65 Å². The fraction of sp³-hybridized carbons (Fsp3) is 0.417. The van der Waals surface area contributed by atoms with Gasteiger partial charge in [0.2, 0.25) is 0 Å². The molecule has 5 rings (SSSR count). The summed E-state index contributed by atoms with van der Waals surface area (Å²) in [6.07, 6.45) is 8.83. The lowest BCUT2D eigenvalue weighted by Crippen LogP contribution is -2.47. The molecule has 4 heterocycles. The quantitative estimate of drug-likeness (QED) is 0.667. The van der Waals surface area contributed by atoms with Crippen molar-refractivity contribution in [2.75, 3.05) is 33.2 Å². The van der Waals surface area contributed by atoms with E-state index < -0.39 is 0 Å². The first kappa shape index (κ1) is 18.4. The topological polar surface area (TPSA) is 40.9 Å². The molecule has 1 amide bonds. The van der Waals surface area contributed by atoms with Gasteiger partial charge >= 0.3 is 0 Å². The van der Waals surface area contributed by atoms with Crippen LogP contribution in [0.5, 0.6) is 0 Å². The number of fused-ring (bicyclic) bond motifs is 1. The molecular weight excluding hydrogens is 360 g/mol. The lowest BCUT2D eigenvalue weighted by Gasteiger charge is -2.46. The number of aromatic nitrogens is 2. The number of carbonyl (C=O) groups excluding carboxylic acids is 1.